The minimum absolute atomic E-state index is 0.00799. The molecule has 1 unspecified atom stereocenters. The molecule has 1 saturated heterocycles. The first kappa shape index (κ1) is 12.0. The van der Waals surface area contributed by atoms with E-state index in [9.17, 15) is 0 Å². The van der Waals surface area contributed by atoms with Crippen LogP contribution in [0, 0.1) is 23.2 Å². The van der Waals surface area contributed by atoms with Crippen molar-refractivity contribution in [1.29, 1.82) is 0 Å². The topological polar surface area (TPSA) is 18.5 Å². The van der Waals surface area contributed by atoms with Crippen LogP contribution in [0.1, 0.15) is 59.8 Å². The summed E-state index contributed by atoms with van der Waals surface area (Å²) in [4.78, 5) is 11.6. The molecular weight excluding hydrogens is 212 g/mol. The fourth-order valence-corrected chi connectivity index (χ4v) is 5.05. The normalized spacial score (nSPS) is 53.8. The van der Waals surface area contributed by atoms with Gasteiger partial charge in [-0.05, 0) is 56.8 Å². The fourth-order valence-electron chi connectivity index (χ4n) is 5.05. The molecule has 0 radical (unpaired) electrons. The maximum atomic E-state index is 5.86. The Labute approximate surface area is 105 Å². The Kier molecular flexibility index (Phi) is 2.61. The molecule has 0 N–H and O–H groups in total. The lowest BCUT2D eigenvalue weighted by Crippen LogP contribution is -2.58. The molecule has 17 heavy (non-hydrogen) atoms. The van der Waals surface area contributed by atoms with Crippen molar-refractivity contribution in [2.45, 2.75) is 71.5 Å². The Bertz CT molecular complexity index is 314. The second-order valence-electron chi connectivity index (χ2n) is 7.37. The van der Waals surface area contributed by atoms with Crippen LogP contribution in [0.3, 0.4) is 0 Å². The van der Waals surface area contributed by atoms with Crippen molar-refractivity contribution in [3.63, 3.8) is 0 Å². The lowest BCUT2D eigenvalue weighted by atomic mass is 9.57. The molecule has 98 valence electrons. The van der Waals surface area contributed by atoms with Crippen molar-refractivity contribution in [3.8, 4) is 0 Å². The predicted molar refractivity (Wildman–Crippen MR) is 67.4 cm³/mol. The molecule has 5 atom stereocenters. The van der Waals surface area contributed by atoms with Gasteiger partial charge in [-0.25, -0.2) is 9.78 Å². The van der Waals surface area contributed by atoms with E-state index in [1.807, 2.05) is 0 Å². The highest BCUT2D eigenvalue weighted by atomic mass is 17.2. The lowest BCUT2D eigenvalue weighted by Gasteiger charge is -2.56. The van der Waals surface area contributed by atoms with Crippen LogP contribution >= 0.6 is 0 Å². The first-order valence-corrected chi connectivity index (χ1v) is 7.31. The summed E-state index contributed by atoms with van der Waals surface area (Å²) in [6, 6.07) is 0. The van der Waals surface area contributed by atoms with Crippen LogP contribution in [0.25, 0.3) is 0 Å². The standard InChI is InChI=1S/C15H26O2/c1-10(2)13-15-8-5-11(3)12(15)6-7-14(4,9-15)17-16-13/h10-13H,5-9H2,1-4H3/t11-,12+,13?,14+,15+/m0/s1. The van der Waals surface area contributed by atoms with Crippen LogP contribution < -0.4 is 0 Å². The van der Waals surface area contributed by atoms with Gasteiger partial charge < -0.3 is 0 Å². The van der Waals surface area contributed by atoms with E-state index in [2.05, 4.69) is 27.7 Å². The number of rotatable bonds is 1. The van der Waals surface area contributed by atoms with Gasteiger partial charge in [0.1, 0.15) is 11.7 Å². The monoisotopic (exact) mass is 238 g/mol. The third-order valence-electron chi connectivity index (χ3n) is 5.70. The molecule has 3 rings (SSSR count). The number of hydrogen-bond acceptors (Lipinski definition) is 2. The van der Waals surface area contributed by atoms with Crippen molar-refractivity contribution in [2.24, 2.45) is 23.2 Å². The third kappa shape index (κ3) is 1.60. The van der Waals surface area contributed by atoms with Crippen LogP contribution in [0.15, 0.2) is 0 Å². The molecule has 3 fully saturated rings. The summed E-state index contributed by atoms with van der Waals surface area (Å²) in [6.45, 7) is 9.24. The highest BCUT2D eigenvalue weighted by Gasteiger charge is 2.61. The molecule has 0 aromatic heterocycles. The molecule has 0 aromatic carbocycles. The second-order valence-corrected chi connectivity index (χ2v) is 7.37. The molecule has 0 aromatic rings. The summed E-state index contributed by atoms with van der Waals surface area (Å²) in [5, 5.41) is 0. The minimum atomic E-state index is -0.00799. The fraction of sp³-hybridized carbons (Fsp3) is 1.00. The van der Waals surface area contributed by atoms with Crippen LogP contribution in [0.2, 0.25) is 0 Å². The molecular formula is C15H26O2. The molecule has 1 aliphatic heterocycles. The van der Waals surface area contributed by atoms with Gasteiger partial charge in [-0.15, -0.1) is 0 Å². The molecule has 2 heteroatoms. The maximum Gasteiger partial charge on any atom is 0.101 e. The van der Waals surface area contributed by atoms with Gasteiger partial charge in [0, 0.05) is 5.41 Å². The Morgan fingerprint density at radius 1 is 1.18 bits per heavy atom. The first-order valence-electron chi connectivity index (χ1n) is 7.31. The third-order valence-corrected chi connectivity index (χ3v) is 5.70. The van der Waals surface area contributed by atoms with E-state index in [-0.39, 0.29) is 5.60 Å². The quantitative estimate of drug-likeness (QED) is 0.644. The van der Waals surface area contributed by atoms with Crippen molar-refractivity contribution in [1.82, 2.24) is 0 Å². The van der Waals surface area contributed by atoms with E-state index in [0.29, 0.717) is 17.4 Å². The highest BCUT2D eigenvalue weighted by molar-refractivity contribution is 5.08. The number of fused-ring (bicyclic) bond motifs is 1. The van der Waals surface area contributed by atoms with Crippen molar-refractivity contribution < 1.29 is 9.78 Å². The predicted octanol–water partition coefficient (Wildman–Crippen LogP) is 3.95. The first-order chi connectivity index (χ1) is 7.97. The average Bonchev–Trinajstić information content (AvgIpc) is 2.54. The van der Waals surface area contributed by atoms with E-state index >= 15 is 0 Å². The summed E-state index contributed by atoms with van der Waals surface area (Å²) in [7, 11) is 0. The molecule has 2 bridgehead atoms. The van der Waals surface area contributed by atoms with Gasteiger partial charge in [-0.1, -0.05) is 20.8 Å². The Morgan fingerprint density at radius 2 is 1.94 bits per heavy atom. The SMILES string of the molecule is CC(C)C1OO[C@]2(C)CC[C@@H]3[C@@H](C)CC[C@]13C2. The Hall–Kier alpha value is -0.0800. The van der Waals surface area contributed by atoms with Crippen molar-refractivity contribution in [2.75, 3.05) is 0 Å². The molecule has 0 amide bonds. The van der Waals surface area contributed by atoms with Crippen molar-refractivity contribution >= 4 is 0 Å². The molecule has 3 aliphatic rings. The molecule has 2 saturated carbocycles. The number of hydrogen-bond donors (Lipinski definition) is 0. The zero-order valence-corrected chi connectivity index (χ0v) is 11.7. The van der Waals surface area contributed by atoms with Gasteiger partial charge in [-0.3, -0.25) is 0 Å². The Balaban J connectivity index is 1.97. The molecule has 2 aliphatic carbocycles. The van der Waals surface area contributed by atoms with Crippen LogP contribution in [0.5, 0.6) is 0 Å². The van der Waals surface area contributed by atoms with Gasteiger partial charge in [0.25, 0.3) is 0 Å². The molecule has 1 heterocycles. The van der Waals surface area contributed by atoms with E-state index in [4.69, 9.17) is 9.78 Å². The van der Waals surface area contributed by atoms with E-state index in [1.165, 1.54) is 32.1 Å². The molecule has 1 spiro atoms. The highest BCUT2D eigenvalue weighted by Crippen LogP contribution is 2.63. The van der Waals surface area contributed by atoms with Crippen LogP contribution in [0.4, 0.5) is 0 Å². The van der Waals surface area contributed by atoms with Crippen molar-refractivity contribution in [3.05, 3.63) is 0 Å². The summed E-state index contributed by atoms with van der Waals surface area (Å²) < 4.78 is 0. The largest absolute Gasteiger partial charge is 0.232 e. The van der Waals surface area contributed by atoms with Gasteiger partial charge in [-0.2, -0.15) is 0 Å². The smallest absolute Gasteiger partial charge is 0.101 e. The maximum absolute atomic E-state index is 5.86. The average molecular weight is 238 g/mol. The van der Waals surface area contributed by atoms with Crippen LogP contribution in [-0.2, 0) is 9.78 Å². The summed E-state index contributed by atoms with van der Waals surface area (Å²) in [5.74, 6) is 2.31. The van der Waals surface area contributed by atoms with E-state index in [0.717, 1.165) is 11.8 Å². The summed E-state index contributed by atoms with van der Waals surface area (Å²) in [6.07, 6.45) is 6.77. The van der Waals surface area contributed by atoms with Gasteiger partial charge in [0.15, 0.2) is 0 Å². The second kappa shape index (κ2) is 3.71. The lowest BCUT2D eigenvalue weighted by molar-refractivity contribution is -0.452. The summed E-state index contributed by atoms with van der Waals surface area (Å²) in [5.41, 5.74) is 0.408. The zero-order valence-electron chi connectivity index (χ0n) is 11.7. The Morgan fingerprint density at radius 3 is 2.65 bits per heavy atom. The zero-order chi connectivity index (χ0) is 12.3. The van der Waals surface area contributed by atoms with Gasteiger partial charge >= 0.3 is 0 Å². The van der Waals surface area contributed by atoms with E-state index in [1.54, 1.807) is 0 Å². The minimum Gasteiger partial charge on any atom is -0.232 e. The molecule has 2 nitrogen and oxygen atoms in total. The van der Waals surface area contributed by atoms with Gasteiger partial charge in [0.2, 0.25) is 0 Å². The van der Waals surface area contributed by atoms with Gasteiger partial charge in [0.05, 0.1) is 0 Å². The van der Waals surface area contributed by atoms with Crippen LogP contribution in [-0.4, -0.2) is 11.7 Å². The van der Waals surface area contributed by atoms with E-state index < -0.39 is 0 Å². The summed E-state index contributed by atoms with van der Waals surface area (Å²) >= 11 is 0.